The summed E-state index contributed by atoms with van der Waals surface area (Å²) in [6.07, 6.45) is 3.14. The van der Waals surface area contributed by atoms with Crippen molar-refractivity contribution in [3.05, 3.63) is 35.5 Å². The van der Waals surface area contributed by atoms with Gasteiger partial charge in [-0.3, -0.25) is 0 Å². The number of rotatable bonds is 3. The maximum atomic E-state index is 9.85. The number of hydrogen-bond donors (Lipinski definition) is 1. The van der Waals surface area contributed by atoms with E-state index < -0.39 is 6.10 Å². The molecule has 0 aliphatic carbocycles. The molecule has 3 heterocycles. The number of thiazole rings is 1. The molecule has 1 N–H and O–H groups in total. The van der Waals surface area contributed by atoms with Gasteiger partial charge in [-0.2, -0.15) is 0 Å². The van der Waals surface area contributed by atoms with Crippen molar-refractivity contribution in [2.24, 2.45) is 0 Å². The summed E-state index contributed by atoms with van der Waals surface area (Å²) in [7, 11) is 0. The Morgan fingerprint density at radius 3 is 2.55 bits per heavy atom. The Labute approximate surface area is 122 Å². The second kappa shape index (κ2) is 5.76. The van der Waals surface area contributed by atoms with Gasteiger partial charge in [-0.05, 0) is 13.0 Å². The van der Waals surface area contributed by atoms with Crippen molar-refractivity contribution in [1.82, 2.24) is 9.97 Å². The summed E-state index contributed by atoms with van der Waals surface area (Å²) in [5.41, 5.74) is 0.898. The number of hydrogen-bond acceptors (Lipinski definition) is 6. The highest BCUT2D eigenvalue weighted by molar-refractivity contribution is 7.13. The normalized spacial score (nSPS) is 17.3. The average molecular weight is 290 g/mol. The molecule has 0 saturated carbocycles. The van der Waals surface area contributed by atoms with Crippen molar-refractivity contribution in [3.63, 3.8) is 0 Å². The van der Waals surface area contributed by atoms with Gasteiger partial charge < -0.3 is 14.9 Å². The Morgan fingerprint density at radius 1 is 1.15 bits per heavy atom. The second-order valence-corrected chi connectivity index (χ2v) is 5.75. The van der Waals surface area contributed by atoms with Crippen molar-refractivity contribution in [2.75, 3.05) is 36.0 Å². The molecule has 3 rings (SSSR count). The van der Waals surface area contributed by atoms with Crippen LogP contribution in [-0.4, -0.2) is 41.3 Å². The molecule has 6 heteroatoms. The van der Waals surface area contributed by atoms with Crippen LogP contribution < -0.4 is 9.80 Å². The lowest BCUT2D eigenvalue weighted by molar-refractivity contribution is 0.199. The molecule has 0 bridgehead atoms. The lowest BCUT2D eigenvalue weighted by Gasteiger charge is -2.36. The van der Waals surface area contributed by atoms with Crippen molar-refractivity contribution in [1.29, 1.82) is 0 Å². The molecule has 0 aromatic carbocycles. The Kier molecular flexibility index (Phi) is 3.84. The molecule has 0 unspecified atom stereocenters. The molecule has 1 aliphatic heterocycles. The van der Waals surface area contributed by atoms with Crippen LogP contribution in [0.4, 0.5) is 10.9 Å². The van der Waals surface area contributed by atoms with E-state index in [2.05, 4.69) is 19.8 Å². The van der Waals surface area contributed by atoms with Crippen molar-refractivity contribution in [3.8, 4) is 0 Å². The smallest absolute Gasteiger partial charge is 0.185 e. The average Bonchev–Trinajstić information content (AvgIpc) is 3.02. The predicted octanol–water partition coefficient (Wildman–Crippen LogP) is 1.92. The SMILES string of the molecule is C[C@H](O)c1cccnc1N1CCN(c2nccs2)CC1. The zero-order valence-corrected chi connectivity index (χ0v) is 12.3. The number of aliphatic hydroxyl groups excluding tert-OH is 1. The largest absolute Gasteiger partial charge is 0.389 e. The molecule has 1 aliphatic rings. The Balaban J connectivity index is 1.72. The molecule has 5 nitrogen and oxygen atoms in total. The standard InChI is InChI=1S/C14H18N4OS/c1-11(19)12-3-2-4-15-13(12)17-6-8-18(9-7-17)14-16-5-10-20-14/h2-5,10-11,19H,6-9H2,1H3/t11-/m0/s1. The zero-order chi connectivity index (χ0) is 13.9. The van der Waals surface area contributed by atoms with E-state index in [9.17, 15) is 5.11 Å². The molecular formula is C14H18N4OS. The molecule has 0 spiro atoms. The number of aliphatic hydroxyl groups is 1. The number of aromatic nitrogens is 2. The van der Waals surface area contributed by atoms with Crippen molar-refractivity contribution in [2.45, 2.75) is 13.0 Å². The lowest BCUT2D eigenvalue weighted by atomic mass is 10.1. The van der Waals surface area contributed by atoms with Crippen LogP contribution >= 0.6 is 11.3 Å². The van der Waals surface area contributed by atoms with E-state index in [1.165, 1.54) is 0 Å². The summed E-state index contributed by atoms with van der Waals surface area (Å²) < 4.78 is 0. The fourth-order valence-corrected chi connectivity index (χ4v) is 3.18. The van der Waals surface area contributed by atoms with Gasteiger partial charge in [0, 0.05) is 49.5 Å². The summed E-state index contributed by atoms with van der Waals surface area (Å²) >= 11 is 1.68. The van der Waals surface area contributed by atoms with Crippen molar-refractivity contribution < 1.29 is 5.11 Å². The number of pyridine rings is 1. The minimum absolute atomic E-state index is 0.490. The highest BCUT2D eigenvalue weighted by Gasteiger charge is 2.22. The minimum atomic E-state index is -0.490. The van der Waals surface area contributed by atoms with E-state index in [0.29, 0.717) is 0 Å². The van der Waals surface area contributed by atoms with Crippen LogP contribution in [0, 0.1) is 0 Å². The highest BCUT2D eigenvalue weighted by atomic mass is 32.1. The second-order valence-electron chi connectivity index (χ2n) is 4.88. The van der Waals surface area contributed by atoms with Crippen molar-refractivity contribution >= 4 is 22.3 Å². The van der Waals surface area contributed by atoms with Gasteiger partial charge >= 0.3 is 0 Å². The van der Waals surface area contributed by atoms with Crippen LogP contribution in [0.2, 0.25) is 0 Å². The monoisotopic (exact) mass is 290 g/mol. The summed E-state index contributed by atoms with van der Waals surface area (Å²) in [4.78, 5) is 13.3. The first-order valence-corrected chi connectivity index (χ1v) is 7.66. The summed E-state index contributed by atoms with van der Waals surface area (Å²) in [5, 5.41) is 12.9. The van der Waals surface area contributed by atoms with Gasteiger partial charge in [0.15, 0.2) is 5.13 Å². The van der Waals surface area contributed by atoms with Gasteiger partial charge in [0.05, 0.1) is 6.10 Å². The Bertz CT molecular complexity index is 550. The zero-order valence-electron chi connectivity index (χ0n) is 11.4. The third kappa shape index (κ3) is 2.62. The summed E-state index contributed by atoms with van der Waals surface area (Å²) in [5.74, 6) is 0.904. The van der Waals surface area contributed by atoms with E-state index in [4.69, 9.17) is 0 Å². The Hall–Kier alpha value is -1.66. The maximum Gasteiger partial charge on any atom is 0.185 e. The van der Waals surface area contributed by atoms with E-state index in [1.54, 1.807) is 24.5 Å². The molecule has 1 atom stereocenters. The van der Waals surface area contributed by atoms with E-state index in [1.807, 2.05) is 23.7 Å². The Morgan fingerprint density at radius 2 is 1.90 bits per heavy atom. The van der Waals surface area contributed by atoms with Crippen LogP contribution in [0.25, 0.3) is 0 Å². The first kappa shape index (κ1) is 13.3. The predicted molar refractivity (Wildman–Crippen MR) is 81.4 cm³/mol. The lowest BCUT2D eigenvalue weighted by Crippen LogP contribution is -2.47. The molecule has 2 aromatic rings. The number of piperazine rings is 1. The maximum absolute atomic E-state index is 9.85. The summed E-state index contributed by atoms with van der Waals surface area (Å²) in [6, 6.07) is 3.82. The van der Waals surface area contributed by atoms with E-state index in [-0.39, 0.29) is 0 Å². The van der Waals surface area contributed by atoms with E-state index >= 15 is 0 Å². The quantitative estimate of drug-likeness (QED) is 0.936. The minimum Gasteiger partial charge on any atom is -0.389 e. The number of nitrogens with zero attached hydrogens (tertiary/aromatic N) is 4. The molecule has 106 valence electrons. The van der Waals surface area contributed by atoms with Crippen LogP contribution in [0.15, 0.2) is 29.9 Å². The third-order valence-corrected chi connectivity index (χ3v) is 4.37. The van der Waals surface area contributed by atoms with Crippen LogP contribution in [0.5, 0.6) is 0 Å². The van der Waals surface area contributed by atoms with Gasteiger partial charge in [0.2, 0.25) is 0 Å². The number of anilines is 2. The molecule has 20 heavy (non-hydrogen) atoms. The molecule has 1 fully saturated rings. The fourth-order valence-electron chi connectivity index (χ4n) is 2.48. The molecule has 2 aromatic heterocycles. The first-order chi connectivity index (χ1) is 9.75. The molecular weight excluding hydrogens is 272 g/mol. The van der Waals surface area contributed by atoms with Gasteiger partial charge in [0.1, 0.15) is 5.82 Å². The van der Waals surface area contributed by atoms with Gasteiger partial charge in [-0.25, -0.2) is 9.97 Å². The van der Waals surface area contributed by atoms with Gasteiger partial charge in [-0.1, -0.05) is 6.07 Å². The van der Waals surface area contributed by atoms with Crippen LogP contribution in [-0.2, 0) is 0 Å². The molecule has 0 amide bonds. The first-order valence-electron chi connectivity index (χ1n) is 6.78. The highest BCUT2D eigenvalue weighted by Crippen LogP contribution is 2.26. The third-order valence-electron chi connectivity index (χ3n) is 3.54. The summed E-state index contributed by atoms with van der Waals surface area (Å²) in [6.45, 7) is 5.45. The topological polar surface area (TPSA) is 52.5 Å². The van der Waals surface area contributed by atoms with Crippen LogP contribution in [0.3, 0.4) is 0 Å². The molecule has 1 saturated heterocycles. The van der Waals surface area contributed by atoms with Gasteiger partial charge in [-0.15, -0.1) is 11.3 Å². The van der Waals surface area contributed by atoms with Crippen LogP contribution in [0.1, 0.15) is 18.6 Å². The molecule has 0 radical (unpaired) electrons. The fraction of sp³-hybridized carbons (Fsp3) is 0.429. The van der Waals surface area contributed by atoms with Gasteiger partial charge in [0.25, 0.3) is 0 Å². The van der Waals surface area contributed by atoms with E-state index in [0.717, 1.165) is 42.7 Å².